The number of allylic oxidation sites excluding steroid dienone is 4. The van der Waals surface area contributed by atoms with Crippen molar-refractivity contribution in [3.63, 3.8) is 0 Å². The Morgan fingerprint density at radius 3 is 2.23 bits per heavy atom. The van der Waals surface area contributed by atoms with Crippen LogP contribution in [0.25, 0.3) is 0 Å². The van der Waals surface area contributed by atoms with E-state index < -0.39 is 0 Å². The van der Waals surface area contributed by atoms with E-state index in [-0.39, 0.29) is 18.0 Å². The van der Waals surface area contributed by atoms with Crippen LogP contribution in [0.5, 0.6) is 0 Å². The molecule has 0 aliphatic heterocycles. The molecule has 0 aromatic rings. The normalized spacial score (nSPS) is 17.7. The second-order valence-electron chi connectivity index (χ2n) is 7.78. The van der Waals surface area contributed by atoms with Crippen molar-refractivity contribution in [1.82, 2.24) is 0 Å². The van der Waals surface area contributed by atoms with Gasteiger partial charge in [-0.3, -0.25) is 4.39 Å². The molecule has 0 aliphatic rings. The Morgan fingerprint density at radius 2 is 1.73 bits per heavy atom. The van der Waals surface area contributed by atoms with Crippen LogP contribution in [0.4, 0.5) is 4.39 Å². The second-order valence-corrected chi connectivity index (χ2v) is 7.78. The summed E-state index contributed by atoms with van der Waals surface area (Å²) in [5, 5.41) is 0. The van der Waals surface area contributed by atoms with Crippen molar-refractivity contribution in [2.45, 2.75) is 80.6 Å². The fourth-order valence-corrected chi connectivity index (χ4v) is 2.39. The summed E-state index contributed by atoms with van der Waals surface area (Å²) in [5.41, 5.74) is 1.71. The number of hydrogen-bond acceptors (Lipinski definition) is 0. The first-order valence-electron chi connectivity index (χ1n) is 9.22. The summed E-state index contributed by atoms with van der Waals surface area (Å²) in [7, 11) is 0. The molecule has 0 aromatic carbocycles. The van der Waals surface area contributed by atoms with E-state index >= 15 is 0 Å². The van der Waals surface area contributed by atoms with E-state index in [1.165, 1.54) is 24.8 Å². The van der Waals surface area contributed by atoms with Gasteiger partial charge >= 0.3 is 0 Å². The summed E-state index contributed by atoms with van der Waals surface area (Å²) < 4.78 is 12.7. The minimum absolute atomic E-state index is 0.154. The lowest BCUT2D eigenvalue weighted by atomic mass is 9.83. The van der Waals surface area contributed by atoms with Crippen LogP contribution in [0.15, 0.2) is 23.8 Å². The predicted molar refractivity (Wildman–Crippen MR) is 98.9 cm³/mol. The zero-order valence-electron chi connectivity index (χ0n) is 16.1. The van der Waals surface area contributed by atoms with Crippen molar-refractivity contribution in [3.05, 3.63) is 23.8 Å². The molecule has 0 saturated carbocycles. The number of alkyl halides is 1. The lowest BCUT2D eigenvalue weighted by Gasteiger charge is -2.22. The Bertz CT molecular complexity index is 338. The molecule has 0 heterocycles. The van der Waals surface area contributed by atoms with E-state index in [2.05, 4.69) is 59.8 Å². The van der Waals surface area contributed by atoms with E-state index in [0.29, 0.717) is 11.8 Å². The van der Waals surface area contributed by atoms with Gasteiger partial charge in [-0.05, 0) is 48.0 Å². The van der Waals surface area contributed by atoms with Gasteiger partial charge < -0.3 is 0 Å². The van der Waals surface area contributed by atoms with Crippen LogP contribution in [-0.2, 0) is 0 Å². The third-order valence-corrected chi connectivity index (χ3v) is 5.06. The van der Waals surface area contributed by atoms with Crippen LogP contribution in [0, 0.1) is 23.2 Å². The highest BCUT2D eigenvalue weighted by Gasteiger charge is 2.15. The SMILES string of the molecule is CCCC[C@@H](C)C(/C=C\CC(C)C(C)CF)=C/C(C)(C)CC. The zero-order valence-corrected chi connectivity index (χ0v) is 16.1. The zero-order chi connectivity index (χ0) is 17.2. The van der Waals surface area contributed by atoms with Gasteiger partial charge in [-0.1, -0.05) is 79.5 Å². The predicted octanol–water partition coefficient (Wildman–Crippen LogP) is 7.36. The molecule has 130 valence electrons. The van der Waals surface area contributed by atoms with Gasteiger partial charge in [-0.25, -0.2) is 0 Å². The minimum Gasteiger partial charge on any atom is -0.251 e. The average molecular weight is 311 g/mol. The third-order valence-electron chi connectivity index (χ3n) is 5.06. The highest BCUT2D eigenvalue weighted by molar-refractivity contribution is 5.23. The number of hydrogen-bond donors (Lipinski definition) is 0. The lowest BCUT2D eigenvalue weighted by Crippen LogP contribution is -2.10. The summed E-state index contributed by atoms with van der Waals surface area (Å²) in [6.45, 7) is 15.4. The molecule has 0 aromatic heterocycles. The van der Waals surface area contributed by atoms with E-state index in [4.69, 9.17) is 0 Å². The fourth-order valence-electron chi connectivity index (χ4n) is 2.39. The van der Waals surface area contributed by atoms with Gasteiger partial charge in [0.05, 0.1) is 6.67 Å². The Kier molecular flexibility index (Phi) is 10.7. The van der Waals surface area contributed by atoms with Crippen molar-refractivity contribution in [1.29, 1.82) is 0 Å². The highest BCUT2D eigenvalue weighted by Crippen LogP contribution is 2.29. The summed E-state index contributed by atoms with van der Waals surface area (Å²) in [5.74, 6) is 1.17. The molecule has 0 spiro atoms. The molecule has 0 radical (unpaired) electrons. The van der Waals surface area contributed by atoms with Gasteiger partial charge in [-0.2, -0.15) is 0 Å². The molecule has 1 heteroatoms. The summed E-state index contributed by atoms with van der Waals surface area (Å²) >= 11 is 0. The van der Waals surface area contributed by atoms with Crippen molar-refractivity contribution in [2.24, 2.45) is 23.2 Å². The molecule has 0 saturated heterocycles. The molecule has 0 bridgehead atoms. The maximum absolute atomic E-state index is 12.7. The highest BCUT2D eigenvalue weighted by atomic mass is 19.1. The van der Waals surface area contributed by atoms with Crippen molar-refractivity contribution >= 4 is 0 Å². The standard InChI is InChI=1S/C21H39F/c1-8-10-12-18(4)20(15-21(6,7)9-2)14-11-13-17(3)19(5)16-22/h11,14-15,17-19H,8-10,12-13,16H2,1-7H3/b14-11-,20-15+/t17?,18-,19?/m1/s1. The summed E-state index contributed by atoms with van der Waals surface area (Å²) in [6.07, 6.45) is 12.9. The lowest BCUT2D eigenvalue weighted by molar-refractivity contribution is 0.297. The molecule has 2 unspecified atom stereocenters. The van der Waals surface area contributed by atoms with Gasteiger partial charge in [0.2, 0.25) is 0 Å². The summed E-state index contributed by atoms with van der Waals surface area (Å²) in [6, 6.07) is 0. The summed E-state index contributed by atoms with van der Waals surface area (Å²) in [4.78, 5) is 0. The molecular formula is C21H39F. The van der Waals surface area contributed by atoms with Crippen molar-refractivity contribution in [3.8, 4) is 0 Å². The van der Waals surface area contributed by atoms with Gasteiger partial charge in [0, 0.05) is 0 Å². The van der Waals surface area contributed by atoms with Crippen LogP contribution in [0.1, 0.15) is 80.6 Å². The monoisotopic (exact) mass is 310 g/mol. The Hall–Kier alpha value is -0.590. The van der Waals surface area contributed by atoms with Gasteiger partial charge in [-0.15, -0.1) is 0 Å². The van der Waals surface area contributed by atoms with Gasteiger partial charge in [0.25, 0.3) is 0 Å². The quantitative estimate of drug-likeness (QED) is 0.350. The molecule has 3 atom stereocenters. The van der Waals surface area contributed by atoms with E-state index in [1.54, 1.807) is 0 Å². The molecule has 0 aliphatic carbocycles. The number of unbranched alkanes of at least 4 members (excludes halogenated alkanes) is 1. The molecule has 0 nitrogen and oxygen atoms in total. The first kappa shape index (κ1) is 21.4. The topological polar surface area (TPSA) is 0 Å². The van der Waals surface area contributed by atoms with Crippen LogP contribution in [0.3, 0.4) is 0 Å². The fraction of sp³-hybridized carbons (Fsp3) is 0.810. The maximum Gasteiger partial charge on any atom is 0.0922 e. The second kappa shape index (κ2) is 11.0. The maximum atomic E-state index is 12.7. The largest absolute Gasteiger partial charge is 0.251 e. The van der Waals surface area contributed by atoms with Crippen LogP contribution in [-0.4, -0.2) is 6.67 Å². The van der Waals surface area contributed by atoms with Crippen molar-refractivity contribution in [2.75, 3.05) is 6.67 Å². The smallest absolute Gasteiger partial charge is 0.0922 e. The molecule has 0 rings (SSSR count). The van der Waals surface area contributed by atoms with E-state index in [0.717, 1.165) is 12.8 Å². The Morgan fingerprint density at radius 1 is 1.09 bits per heavy atom. The Balaban J connectivity index is 4.93. The number of rotatable bonds is 11. The third kappa shape index (κ3) is 8.76. The van der Waals surface area contributed by atoms with E-state index in [1.807, 2.05) is 6.92 Å². The van der Waals surface area contributed by atoms with Crippen molar-refractivity contribution < 1.29 is 4.39 Å². The van der Waals surface area contributed by atoms with Gasteiger partial charge in [0.15, 0.2) is 0 Å². The van der Waals surface area contributed by atoms with Crippen LogP contribution < -0.4 is 0 Å². The van der Waals surface area contributed by atoms with Gasteiger partial charge in [0.1, 0.15) is 0 Å². The van der Waals surface area contributed by atoms with E-state index in [9.17, 15) is 4.39 Å². The average Bonchev–Trinajstić information content (AvgIpc) is 2.50. The number of halogens is 1. The molecule has 0 amide bonds. The van der Waals surface area contributed by atoms with Crippen LogP contribution >= 0.6 is 0 Å². The first-order valence-corrected chi connectivity index (χ1v) is 9.22. The molecular weight excluding hydrogens is 271 g/mol. The van der Waals surface area contributed by atoms with Crippen LogP contribution in [0.2, 0.25) is 0 Å². The molecule has 0 fully saturated rings. The Labute approximate surface area is 139 Å². The first-order chi connectivity index (χ1) is 10.3. The molecule has 22 heavy (non-hydrogen) atoms. The molecule has 0 N–H and O–H groups in total. The minimum atomic E-state index is -0.215.